The summed E-state index contributed by atoms with van der Waals surface area (Å²) in [6.07, 6.45) is 11.1. The summed E-state index contributed by atoms with van der Waals surface area (Å²) in [5.74, 6) is -0.0885. The number of likely N-dealkylation sites (N-methyl/N-ethyl adjacent to an activating group) is 2. The minimum Gasteiger partial charge on any atom is -0.361 e. The molecule has 0 amide bonds. The molecule has 2 fully saturated rings. The largest absolute Gasteiger partial charge is 0.361 e. The highest BCUT2D eigenvalue weighted by Crippen LogP contribution is 2.36. The van der Waals surface area contributed by atoms with E-state index in [0.29, 0.717) is 28.3 Å². The fourth-order valence-electron chi connectivity index (χ4n) is 8.77. The van der Waals surface area contributed by atoms with E-state index in [1.165, 1.54) is 18.4 Å². The third-order valence-electron chi connectivity index (χ3n) is 12.0. The van der Waals surface area contributed by atoms with Crippen LogP contribution < -0.4 is 0 Å². The van der Waals surface area contributed by atoms with Gasteiger partial charge in [0.1, 0.15) is 0 Å². The van der Waals surface area contributed by atoms with Crippen LogP contribution in [0, 0.1) is 0 Å². The van der Waals surface area contributed by atoms with E-state index in [0.717, 1.165) is 77.3 Å². The van der Waals surface area contributed by atoms with Crippen molar-refractivity contribution in [1.29, 1.82) is 0 Å². The van der Waals surface area contributed by atoms with Crippen LogP contribution in [0.5, 0.6) is 0 Å². The normalized spacial score (nSPS) is 19.3. The summed E-state index contributed by atoms with van der Waals surface area (Å²) in [5.41, 5.74) is 6.32. The Hall–Kier alpha value is -4.22. The first-order valence-electron chi connectivity index (χ1n) is 19.2. The summed E-state index contributed by atoms with van der Waals surface area (Å²) < 4.78 is 57.2. The fourth-order valence-corrected chi connectivity index (χ4v) is 11.6. The van der Waals surface area contributed by atoms with E-state index in [2.05, 4.69) is 76.2 Å². The van der Waals surface area contributed by atoms with Crippen molar-refractivity contribution < 1.29 is 16.8 Å². The molecule has 0 aliphatic carbocycles. The number of rotatable bonds is 13. The zero-order chi connectivity index (χ0) is 37.5. The third-order valence-corrected chi connectivity index (χ3v) is 15.5. The van der Waals surface area contributed by atoms with Gasteiger partial charge >= 0.3 is 0 Å². The van der Waals surface area contributed by atoms with Gasteiger partial charge in [0.2, 0.25) is 0 Å². The number of H-pyrrole nitrogens is 1. The minimum atomic E-state index is -3.69. The summed E-state index contributed by atoms with van der Waals surface area (Å²) in [5, 5.41) is 2.20. The van der Waals surface area contributed by atoms with E-state index in [1.54, 1.807) is 48.5 Å². The van der Waals surface area contributed by atoms with Crippen LogP contribution in [0.15, 0.2) is 119 Å². The summed E-state index contributed by atoms with van der Waals surface area (Å²) in [4.78, 5) is 8.99. The van der Waals surface area contributed by atoms with Crippen molar-refractivity contribution >= 4 is 41.5 Å². The Balaban J connectivity index is 1.22. The van der Waals surface area contributed by atoms with Crippen LogP contribution in [-0.4, -0.2) is 87.0 Å². The van der Waals surface area contributed by atoms with Gasteiger partial charge < -0.3 is 19.4 Å². The number of benzene rings is 4. The smallest absolute Gasteiger partial charge is 0.180 e. The second-order valence-corrected chi connectivity index (χ2v) is 19.6. The number of nitrogens with zero attached hydrogens (tertiary/aromatic N) is 3. The number of aromatic nitrogens is 2. The minimum absolute atomic E-state index is 0.0114. The van der Waals surface area contributed by atoms with Gasteiger partial charge in [-0.15, -0.1) is 0 Å². The van der Waals surface area contributed by atoms with Crippen LogP contribution >= 0.6 is 0 Å². The van der Waals surface area contributed by atoms with E-state index in [-0.39, 0.29) is 11.5 Å². The van der Waals surface area contributed by atoms with Gasteiger partial charge in [-0.2, -0.15) is 0 Å². The lowest BCUT2D eigenvalue weighted by molar-refractivity contribution is 0.309. The molecule has 2 aliphatic heterocycles. The van der Waals surface area contributed by atoms with Gasteiger partial charge in [-0.05, 0) is 143 Å². The molecule has 6 aromatic rings. The number of nitrogens with one attached hydrogen (secondary N) is 1. The van der Waals surface area contributed by atoms with Crippen LogP contribution in [0.1, 0.15) is 54.0 Å². The Morgan fingerprint density at radius 3 is 1.96 bits per heavy atom. The highest BCUT2D eigenvalue weighted by molar-refractivity contribution is 7.91. The third kappa shape index (κ3) is 7.54. The molecule has 0 radical (unpaired) electrons. The van der Waals surface area contributed by atoms with E-state index in [4.69, 9.17) is 0 Å². The van der Waals surface area contributed by atoms with E-state index in [1.807, 2.05) is 18.2 Å². The maximum atomic E-state index is 14.3. The Morgan fingerprint density at radius 2 is 1.33 bits per heavy atom. The molecule has 1 unspecified atom stereocenters. The van der Waals surface area contributed by atoms with Crippen molar-refractivity contribution in [2.45, 2.75) is 72.9 Å². The molecule has 0 bridgehead atoms. The summed E-state index contributed by atoms with van der Waals surface area (Å²) in [6.45, 7) is 2.17. The monoisotopic (exact) mass is 762 g/mol. The van der Waals surface area contributed by atoms with E-state index in [9.17, 15) is 16.8 Å². The molecule has 54 heavy (non-hydrogen) atoms. The molecule has 8 rings (SSSR count). The van der Waals surface area contributed by atoms with Gasteiger partial charge in [0.25, 0.3) is 0 Å². The van der Waals surface area contributed by atoms with Gasteiger partial charge in [-0.1, -0.05) is 48.5 Å². The van der Waals surface area contributed by atoms with E-state index < -0.39 is 25.7 Å². The number of likely N-dealkylation sites (tertiary alicyclic amines) is 2. The molecule has 282 valence electrons. The van der Waals surface area contributed by atoms with Crippen LogP contribution in [0.4, 0.5) is 0 Å². The van der Waals surface area contributed by atoms with Crippen LogP contribution in [0.25, 0.3) is 21.8 Å². The first-order valence-corrected chi connectivity index (χ1v) is 22.5. The molecule has 10 heteroatoms. The average Bonchev–Trinajstić information content (AvgIpc) is 3.98. The van der Waals surface area contributed by atoms with Crippen molar-refractivity contribution in [3.63, 3.8) is 0 Å². The predicted octanol–water partition coefficient (Wildman–Crippen LogP) is 7.48. The van der Waals surface area contributed by atoms with Gasteiger partial charge in [-0.3, -0.25) is 0 Å². The van der Waals surface area contributed by atoms with Crippen LogP contribution in [0.3, 0.4) is 0 Å². The van der Waals surface area contributed by atoms with Crippen molar-refractivity contribution in [3.8, 4) is 0 Å². The van der Waals surface area contributed by atoms with Gasteiger partial charge in [0.05, 0.1) is 27.3 Å². The maximum Gasteiger partial charge on any atom is 0.180 e. The van der Waals surface area contributed by atoms with Crippen LogP contribution in [0.2, 0.25) is 0 Å². The highest BCUT2D eigenvalue weighted by Gasteiger charge is 2.29. The van der Waals surface area contributed by atoms with Gasteiger partial charge in [0.15, 0.2) is 19.7 Å². The Morgan fingerprint density at radius 1 is 0.704 bits per heavy atom. The van der Waals surface area contributed by atoms with Crippen molar-refractivity contribution in [2.24, 2.45) is 0 Å². The molecule has 0 saturated carbocycles. The summed E-state index contributed by atoms with van der Waals surface area (Å²) in [6, 6.07) is 30.4. The second kappa shape index (κ2) is 15.1. The van der Waals surface area contributed by atoms with Gasteiger partial charge in [-0.25, -0.2) is 16.8 Å². The SMILES string of the molecule is CN1CCC[C@@H]1Cc1c[nH]c2ccc(C(CS(=O)(=O)c3ccccc3)n3cc(C[C@H]4CCCN4C)c4cc(CCS(=O)(=O)c5ccccc5)ccc43)cc12. The second-order valence-electron chi connectivity index (χ2n) is 15.5. The maximum absolute atomic E-state index is 14.3. The molecule has 4 aromatic carbocycles. The summed E-state index contributed by atoms with van der Waals surface area (Å²) >= 11 is 0. The number of sulfone groups is 2. The molecule has 8 nitrogen and oxygen atoms in total. The lowest BCUT2D eigenvalue weighted by Crippen LogP contribution is -2.26. The quantitative estimate of drug-likeness (QED) is 0.131. The standard InChI is InChI=1S/C44H50N4O4S2/c1-46-22-9-11-36(46)26-34-29-45-42-19-18-33(28-40(34)42)44(31-54(51,52)39-15-7-4-8-16-39)48-30-35(27-37-12-10-23-47(37)2)41-25-32(17-20-43(41)48)21-24-53(49,50)38-13-5-3-6-14-38/h3-8,13-20,25,28-30,36-37,44-45H,9-12,21-24,26-27,31H2,1-2H3/t36-,37-,44?/m1/s1. The van der Waals surface area contributed by atoms with Crippen molar-refractivity contribution in [3.05, 3.63) is 132 Å². The topological polar surface area (TPSA) is 95.5 Å². The number of hydrogen-bond acceptors (Lipinski definition) is 6. The van der Waals surface area contributed by atoms with Crippen LogP contribution in [-0.2, 0) is 38.9 Å². The number of aryl methyl sites for hydroxylation is 1. The molecule has 4 heterocycles. The number of fused-ring (bicyclic) bond motifs is 2. The van der Waals surface area contributed by atoms with E-state index >= 15 is 0 Å². The first-order chi connectivity index (χ1) is 26.1. The molecule has 3 atom stereocenters. The Labute approximate surface area is 319 Å². The molecule has 2 aliphatic rings. The lowest BCUT2D eigenvalue weighted by atomic mass is 10.00. The first kappa shape index (κ1) is 36.7. The van der Waals surface area contributed by atoms with Crippen molar-refractivity contribution in [1.82, 2.24) is 19.4 Å². The molecule has 1 N–H and O–H groups in total. The average molecular weight is 763 g/mol. The zero-order valence-electron chi connectivity index (χ0n) is 31.2. The number of aromatic amines is 1. The molecule has 2 aromatic heterocycles. The molecular formula is C44H50N4O4S2. The Kier molecular flexibility index (Phi) is 10.3. The lowest BCUT2D eigenvalue weighted by Gasteiger charge is -2.22. The zero-order valence-corrected chi connectivity index (χ0v) is 32.8. The molecule has 0 spiro atoms. The Bertz CT molecular complexity index is 2480. The predicted molar refractivity (Wildman–Crippen MR) is 218 cm³/mol. The fraction of sp³-hybridized carbons (Fsp3) is 0.364. The highest BCUT2D eigenvalue weighted by atomic mass is 32.2. The van der Waals surface area contributed by atoms with Crippen molar-refractivity contribution in [2.75, 3.05) is 38.7 Å². The molecular weight excluding hydrogens is 713 g/mol. The molecule has 2 saturated heterocycles. The summed E-state index contributed by atoms with van der Waals surface area (Å²) in [7, 11) is -2.76. The number of hydrogen-bond donors (Lipinski definition) is 1. The van der Waals surface area contributed by atoms with Gasteiger partial charge in [0, 0.05) is 46.3 Å².